The number of nitrogens with zero attached hydrogens (tertiary/aromatic N) is 4. The summed E-state index contributed by atoms with van der Waals surface area (Å²) in [5, 5.41) is 1.20. The molecule has 0 spiro atoms. The van der Waals surface area contributed by atoms with Crippen molar-refractivity contribution in [2.24, 2.45) is 0 Å². The van der Waals surface area contributed by atoms with Gasteiger partial charge in [-0.25, -0.2) is 9.97 Å². The Morgan fingerprint density at radius 1 is 1.23 bits per heavy atom. The largest absolute Gasteiger partial charge is 0.349 e. The van der Waals surface area contributed by atoms with E-state index in [9.17, 15) is 4.79 Å². The van der Waals surface area contributed by atoms with Gasteiger partial charge in [0.2, 0.25) is 5.91 Å². The van der Waals surface area contributed by atoms with Crippen LogP contribution in [0.1, 0.15) is 36.8 Å². The molecule has 1 aromatic carbocycles. The molecule has 2 heterocycles. The molecule has 0 bridgehead atoms. The Labute approximate surface area is 153 Å². The third kappa shape index (κ3) is 3.21. The third-order valence-corrected chi connectivity index (χ3v) is 5.04. The van der Waals surface area contributed by atoms with E-state index in [1.54, 1.807) is 19.0 Å². The summed E-state index contributed by atoms with van der Waals surface area (Å²) in [7, 11) is 3.57. The van der Waals surface area contributed by atoms with E-state index in [4.69, 9.17) is 4.98 Å². The van der Waals surface area contributed by atoms with Crippen LogP contribution in [0, 0.1) is 0 Å². The van der Waals surface area contributed by atoms with Crippen molar-refractivity contribution in [1.29, 1.82) is 0 Å². The molecule has 2 aromatic heterocycles. The van der Waals surface area contributed by atoms with Crippen molar-refractivity contribution < 1.29 is 4.79 Å². The summed E-state index contributed by atoms with van der Waals surface area (Å²) in [5.41, 5.74) is 5.15. The van der Waals surface area contributed by atoms with Gasteiger partial charge in [0.05, 0.1) is 24.0 Å². The Morgan fingerprint density at radius 2 is 2.04 bits per heavy atom. The summed E-state index contributed by atoms with van der Waals surface area (Å²) in [6.07, 6.45) is 6.78. The predicted molar refractivity (Wildman–Crippen MR) is 103 cm³/mol. The van der Waals surface area contributed by atoms with Gasteiger partial charge in [-0.3, -0.25) is 4.79 Å². The Morgan fingerprint density at radius 3 is 2.69 bits per heavy atom. The molecule has 1 saturated carbocycles. The maximum atomic E-state index is 12.1. The van der Waals surface area contributed by atoms with Crippen molar-refractivity contribution in [2.45, 2.75) is 38.6 Å². The van der Waals surface area contributed by atoms with Gasteiger partial charge in [-0.1, -0.05) is 12.1 Å². The molecule has 0 saturated heterocycles. The Hall–Kier alpha value is -2.69. The van der Waals surface area contributed by atoms with Gasteiger partial charge in [-0.2, -0.15) is 0 Å². The lowest BCUT2D eigenvalue weighted by molar-refractivity contribution is -0.127. The number of carbonyl (C=O) groups is 1. The standard InChI is InChI=1S/C21H24N4O/c1-4-25-12-20(22-13-25)19-11-17(15-6-7-15)16-8-5-14(9-18(16)23-19)10-21(26)24(2)3/h5,8-9,11-13,15H,4,6-7,10H2,1-3H3. The van der Waals surface area contributed by atoms with Crippen molar-refractivity contribution in [1.82, 2.24) is 19.4 Å². The number of pyridine rings is 1. The number of likely N-dealkylation sites (N-methyl/N-ethyl adjacent to an activating group) is 1. The first-order valence-electron chi connectivity index (χ1n) is 9.21. The van der Waals surface area contributed by atoms with Crippen LogP contribution in [0.4, 0.5) is 0 Å². The first-order valence-corrected chi connectivity index (χ1v) is 9.21. The van der Waals surface area contributed by atoms with Gasteiger partial charge >= 0.3 is 0 Å². The first kappa shape index (κ1) is 16.8. The maximum Gasteiger partial charge on any atom is 0.226 e. The van der Waals surface area contributed by atoms with Crippen molar-refractivity contribution >= 4 is 16.8 Å². The minimum Gasteiger partial charge on any atom is -0.349 e. The third-order valence-electron chi connectivity index (χ3n) is 5.04. The molecule has 26 heavy (non-hydrogen) atoms. The number of imidazole rings is 1. The molecule has 0 atom stereocenters. The van der Waals surface area contributed by atoms with Gasteiger partial charge < -0.3 is 9.47 Å². The van der Waals surface area contributed by atoms with E-state index >= 15 is 0 Å². The van der Waals surface area contributed by atoms with Crippen LogP contribution in [0.15, 0.2) is 36.8 Å². The van der Waals surface area contributed by atoms with Crippen molar-refractivity contribution in [3.05, 3.63) is 47.9 Å². The van der Waals surface area contributed by atoms with E-state index in [1.165, 1.54) is 23.8 Å². The van der Waals surface area contributed by atoms with Crippen LogP contribution in [0.5, 0.6) is 0 Å². The van der Waals surface area contributed by atoms with Crippen molar-refractivity contribution in [2.75, 3.05) is 14.1 Å². The fourth-order valence-electron chi connectivity index (χ4n) is 3.27. The highest BCUT2D eigenvalue weighted by Crippen LogP contribution is 2.44. The number of carbonyl (C=O) groups excluding carboxylic acids is 1. The van der Waals surface area contributed by atoms with E-state index in [2.05, 4.69) is 40.7 Å². The van der Waals surface area contributed by atoms with Crippen molar-refractivity contribution in [3.63, 3.8) is 0 Å². The van der Waals surface area contributed by atoms with E-state index in [1.807, 2.05) is 12.5 Å². The predicted octanol–water partition coefficient (Wildman–Crippen LogP) is 3.63. The fourth-order valence-corrected chi connectivity index (χ4v) is 3.27. The molecule has 1 amide bonds. The topological polar surface area (TPSA) is 51.0 Å². The Balaban J connectivity index is 1.79. The average molecular weight is 348 g/mol. The van der Waals surface area contributed by atoms with Crippen LogP contribution in [-0.2, 0) is 17.8 Å². The average Bonchev–Trinajstić information content (AvgIpc) is 3.37. The van der Waals surface area contributed by atoms with E-state index in [0.717, 1.165) is 29.0 Å². The van der Waals surface area contributed by atoms with Crippen LogP contribution >= 0.6 is 0 Å². The molecule has 134 valence electrons. The van der Waals surface area contributed by atoms with Crippen molar-refractivity contribution in [3.8, 4) is 11.4 Å². The number of aryl methyl sites for hydroxylation is 1. The summed E-state index contributed by atoms with van der Waals surface area (Å²) < 4.78 is 2.06. The molecule has 1 aliphatic rings. The highest BCUT2D eigenvalue weighted by atomic mass is 16.2. The second kappa shape index (κ2) is 6.56. The number of aromatic nitrogens is 3. The normalized spacial score (nSPS) is 14.0. The molecule has 5 heteroatoms. The summed E-state index contributed by atoms with van der Waals surface area (Å²) >= 11 is 0. The van der Waals surface area contributed by atoms with Gasteiger partial charge in [-0.05, 0) is 48.9 Å². The molecule has 0 unspecified atom stereocenters. The Bertz CT molecular complexity index is 969. The van der Waals surface area contributed by atoms with Gasteiger partial charge in [-0.15, -0.1) is 0 Å². The molecular formula is C21H24N4O. The smallest absolute Gasteiger partial charge is 0.226 e. The summed E-state index contributed by atoms with van der Waals surface area (Å²) in [4.78, 5) is 23.1. The SMILES string of the molecule is CCn1cnc(-c2cc(C3CC3)c3ccc(CC(=O)N(C)C)cc3n2)c1. The van der Waals surface area contributed by atoms with E-state index in [0.29, 0.717) is 12.3 Å². The molecule has 3 aromatic rings. The lowest BCUT2D eigenvalue weighted by atomic mass is 10.00. The minimum absolute atomic E-state index is 0.101. The van der Waals surface area contributed by atoms with Gasteiger partial charge in [0.1, 0.15) is 5.69 Å². The van der Waals surface area contributed by atoms with Crippen LogP contribution in [0.25, 0.3) is 22.3 Å². The fraction of sp³-hybridized carbons (Fsp3) is 0.381. The molecule has 4 rings (SSSR count). The number of benzene rings is 1. The van der Waals surface area contributed by atoms with E-state index in [-0.39, 0.29) is 5.91 Å². The monoisotopic (exact) mass is 348 g/mol. The molecule has 0 N–H and O–H groups in total. The first-order chi connectivity index (χ1) is 12.5. The zero-order chi connectivity index (χ0) is 18.3. The van der Waals surface area contributed by atoms with Gasteiger partial charge in [0, 0.05) is 32.2 Å². The summed E-state index contributed by atoms with van der Waals surface area (Å²) in [5.74, 6) is 0.728. The number of hydrogen-bond donors (Lipinski definition) is 0. The summed E-state index contributed by atoms with van der Waals surface area (Å²) in [6.45, 7) is 3.00. The Kier molecular flexibility index (Phi) is 4.23. The quantitative estimate of drug-likeness (QED) is 0.707. The molecule has 0 aliphatic heterocycles. The molecule has 1 fully saturated rings. The zero-order valence-electron chi connectivity index (χ0n) is 15.6. The van der Waals surface area contributed by atoms with Gasteiger partial charge in [0.15, 0.2) is 0 Å². The summed E-state index contributed by atoms with van der Waals surface area (Å²) in [6, 6.07) is 8.45. The minimum atomic E-state index is 0.101. The number of rotatable bonds is 5. The molecular weight excluding hydrogens is 324 g/mol. The molecule has 0 radical (unpaired) electrons. The van der Waals surface area contributed by atoms with Gasteiger partial charge in [0.25, 0.3) is 0 Å². The van der Waals surface area contributed by atoms with Crippen LogP contribution in [0.2, 0.25) is 0 Å². The number of amides is 1. The molecule has 1 aliphatic carbocycles. The highest BCUT2D eigenvalue weighted by molar-refractivity contribution is 5.87. The number of hydrogen-bond acceptors (Lipinski definition) is 3. The van der Waals surface area contributed by atoms with Crippen LogP contribution < -0.4 is 0 Å². The highest BCUT2D eigenvalue weighted by Gasteiger charge is 2.26. The second-order valence-corrected chi connectivity index (χ2v) is 7.28. The van der Waals surface area contributed by atoms with Crippen LogP contribution in [-0.4, -0.2) is 39.4 Å². The maximum absolute atomic E-state index is 12.1. The lowest BCUT2D eigenvalue weighted by Crippen LogP contribution is -2.23. The zero-order valence-corrected chi connectivity index (χ0v) is 15.6. The number of fused-ring (bicyclic) bond motifs is 1. The van der Waals surface area contributed by atoms with E-state index < -0.39 is 0 Å². The molecule has 5 nitrogen and oxygen atoms in total. The second-order valence-electron chi connectivity index (χ2n) is 7.28. The lowest BCUT2D eigenvalue weighted by Gasteiger charge is -2.12. The van der Waals surface area contributed by atoms with Crippen LogP contribution in [0.3, 0.4) is 0 Å².